The van der Waals surface area contributed by atoms with Gasteiger partial charge in [-0.2, -0.15) is 0 Å². The molecule has 21 heavy (non-hydrogen) atoms. The van der Waals surface area contributed by atoms with Gasteiger partial charge in [0.15, 0.2) is 0 Å². The lowest BCUT2D eigenvalue weighted by Gasteiger charge is -2.28. The summed E-state index contributed by atoms with van der Waals surface area (Å²) in [5.41, 5.74) is 1.72. The van der Waals surface area contributed by atoms with Crippen LogP contribution in [0, 0.1) is 5.41 Å². The van der Waals surface area contributed by atoms with Crippen LogP contribution in [0.3, 0.4) is 0 Å². The van der Waals surface area contributed by atoms with Crippen molar-refractivity contribution in [3.63, 3.8) is 0 Å². The van der Waals surface area contributed by atoms with Crippen LogP contribution in [0.4, 0.5) is 0 Å². The molecule has 0 bridgehead atoms. The summed E-state index contributed by atoms with van der Waals surface area (Å²) >= 11 is 0. The quantitative estimate of drug-likeness (QED) is 0.587. The number of rotatable bonds is 10. The second-order valence-corrected chi connectivity index (χ2v) is 6.74. The molecule has 0 amide bonds. The Bertz CT molecular complexity index is 383. The van der Waals surface area contributed by atoms with Gasteiger partial charge in [0.25, 0.3) is 0 Å². The van der Waals surface area contributed by atoms with E-state index in [4.69, 9.17) is 4.74 Å². The summed E-state index contributed by atoms with van der Waals surface area (Å²) in [4.78, 5) is 0. The maximum absolute atomic E-state index is 5.23. The first-order valence-electron chi connectivity index (χ1n) is 8.39. The third-order valence-corrected chi connectivity index (χ3v) is 4.21. The molecule has 0 radical (unpaired) electrons. The maximum Gasteiger partial charge on any atom is 0.118 e. The number of methoxy groups -OCH3 is 1. The van der Waals surface area contributed by atoms with E-state index in [1.807, 2.05) is 12.1 Å². The Labute approximate surface area is 131 Å². The van der Waals surface area contributed by atoms with Crippen molar-refractivity contribution in [2.45, 2.75) is 65.8 Å². The molecule has 2 nitrogen and oxygen atoms in total. The van der Waals surface area contributed by atoms with E-state index in [0.29, 0.717) is 11.5 Å². The number of hydrogen-bond donors (Lipinski definition) is 1. The fourth-order valence-corrected chi connectivity index (χ4v) is 2.68. The van der Waals surface area contributed by atoms with E-state index < -0.39 is 0 Å². The predicted molar refractivity (Wildman–Crippen MR) is 92.0 cm³/mol. The molecular weight excluding hydrogens is 258 g/mol. The molecule has 1 rings (SSSR count). The normalized spacial score (nSPS) is 13.2. The van der Waals surface area contributed by atoms with E-state index >= 15 is 0 Å². The van der Waals surface area contributed by atoms with Gasteiger partial charge in [-0.3, -0.25) is 0 Å². The lowest BCUT2D eigenvalue weighted by Crippen LogP contribution is -2.32. The highest BCUT2D eigenvalue weighted by atomic mass is 16.5. The largest absolute Gasteiger partial charge is 0.497 e. The Morgan fingerprint density at radius 2 is 1.76 bits per heavy atom. The first-order valence-corrected chi connectivity index (χ1v) is 8.39. The zero-order valence-electron chi connectivity index (χ0n) is 14.5. The molecular formula is C19H33NO. The molecule has 0 aliphatic rings. The Morgan fingerprint density at radius 1 is 1.10 bits per heavy atom. The first kappa shape index (κ1) is 18.0. The molecule has 0 saturated heterocycles. The molecule has 2 heteroatoms. The number of unbranched alkanes of at least 4 members (excludes halogenated alkanes) is 2. The number of hydrogen-bond acceptors (Lipinski definition) is 2. The number of nitrogens with one attached hydrogen (secondary N) is 1. The van der Waals surface area contributed by atoms with Crippen molar-refractivity contribution in [2.24, 2.45) is 5.41 Å². The highest BCUT2D eigenvalue weighted by molar-refractivity contribution is 5.29. The van der Waals surface area contributed by atoms with Crippen LogP contribution in [-0.2, 0) is 0 Å². The van der Waals surface area contributed by atoms with E-state index in [0.717, 1.165) is 18.7 Å². The van der Waals surface area contributed by atoms with Gasteiger partial charge in [0.2, 0.25) is 0 Å². The molecule has 120 valence electrons. The lowest BCUT2D eigenvalue weighted by atomic mass is 9.86. The summed E-state index contributed by atoms with van der Waals surface area (Å²) in [6.45, 7) is 10.3. The van der Waals surface area contributed by atoms with Crippen LogP contribution in [0.2, 0.25) is 0 Å². The van der Waals surface area contributed by atoms with Crippen LogP contribution < -0.4 is 10.1 Å². The topological polar surface area (TPSA) is 21.3 Å². The molecule has 0 fully saturated rings. The van der Waals surface area contributed by atoms with Crippen LogP contribution in [0.15, 0.2) is 24.3 Å². The average molecular weight is 291 g/mol. The average Bonchev–Trinajstić information content (AvgIpc) is 2.48. The Kier molecular flexibility index (Phi) is 7.81. The summed E-state index contributed by atoms with van der Waals surface area (Å²) in [5.74, 6) is 0.925. The van der Waals surface area contributed by atoms with E-state index in [-0.39, 0.29) is 0 Å². The first-order chi connectivity index (χ1) is 10.0. The van der Waals surface area contributed by atoms with Gasteiger partial charge >= 0.3 is 0 Å². The third kappa shape index (κ3) is 6.52. The second kappa shape index (κ2) is 9.09. The fourth-order valence-electron chi connectivity index (χ4n) is 2.68. The zero-order chi connectivity index (χ0) is 15.7. The van der Waals surface area contributed by atoms with E-state index in [1.165, 1.54) is 31.2 Å². The number of ether oxygens (including phenoxy) is 1. The molecule has 1 aromatic carbocycles. The standard InChI is InChI=1S/C19H33NO/c1-6-8-9-14-19(3,4)15-20-18(7-2)16-10-12-17(21-5)13-11-16/h10-13,18,20H,6-9,14-15H2,1-5H3. The van der Waals surface area contributed by atoms with Crippen molar-refractivity contribution < 1.29 is 4.74 Å². The molecule has 0 aliphatic heterocycles. The molecule has 0 saturated carbocycles. The van der Waals surface area contributed by atoms with Crippen LogP contribution in [-0.4, -0.2) is 13.7 Å². The van der Waals surface area contributed by atoms with Crippen molar-refractivity contribution in [1.29, 1.82) is 0 Å². The molecule has 1 aromatic rings. The minimum Gasteiger partial charge on any atom is -0.497 e. The minimum atomic E-state index is 0.370. The van der Waals surface area contributed by atoms with Gasteiger partial charge in [0.05, 0.1) is 7.11 Å². The monoisotopic (exact) mass is 291 g/mol. The SMILES string of the molecule is CCCCCC(C)(C)CNC(CC)c1ccc(OC)cc1. The molecule has 1 unspecified atom stereocenters. The van der Waals surface area contributed by atoms with Gasteiger partial charge in [-0.25, -0.2) is 0 Å². The van der Waals surface area contributed by atoms with Crippen molar-refractivity contribution in [3.8, 4) is 5.75 Å². The summed E-state index contributed by atoms with van der Waals surface area (Å²) in [7, 11) is 1.71. The van der Waals surface area contributed by atoms with Crippen molar-refractivity contribution >= 4 is 0 Å². The molecule has 0 spiro atoms. The highest BCUT2D eigenvalue weighted by Crippen LogP contribution is 2.26. The van der Waals surface area contributed by atoms with Crippen LogP contribution >= 0.6 is 0 Å². The zero-order valence-corrected chi connectivity index (χ0v) is 14.5. The predicted octanol–water partition coefficient (Wildman–Crippen LogP) is 5.34. The molecule has 0 heterocycles. The molecule has 1 N–H and O–H groups in total. The van der Waals surface area contributed by atoms with E-state index in [2.05, 4.69) is 45.1 Å². The number of benzene rings is 1. The summed E-state index contributed by atoms with van der Waals surface area (Å²) in [6, 6.07) is 8.87. The molecule has 0 aromatic heterocycles. The van der Waals surface area contributed by atoms with Gasteiger partial charge in [0.1, 0.15) is 5.75 Å². The maximum atomic E-state index is 5.23. The smallest absolute Gasteiger partial charge is 0.118 e. The van der Waals surface area contributed by atoms with Gasteiger partial charge in [0, 0.05) is 12.6 Å². The van der Waals surface area contributed by atoms with E-state index in [9.17, 15) is 0 Å². The third-order valence-electron chi connectivity index (χ3n) is 4.21. The summed E-state index contributed by atoms with van der Waals surface area (Å²) in [6.07, 6.45) is 6.39. The van der Waals surface area contributed by atoms with Crippen LogP contribution in [0.1, 0.15) is 71.4 Å². The van der Waals surface area contributed by atoms with Crippen molar-refractivity contribution in [2.75, 3.05) is 13.7 Å². The second-order valence-electron chi connectivity index (χ2n) is 6.74. The summed E-state index contributed by atoms with van der Waals surface area (Å²) < 4.78 is 5.23. The van der Waals surface area contributed by atoms with E-state index in [1.54, 1.807) is 7.11 Å². The van der Waals surface area contributed by atoms with Gasteiger partial charge < -0.3 is 10.1 Å². The molecule has 1 atom stereocenters. The summed E-state index contributed by atoms with van der Waals surface area (Å²) in [5, 5.41) is 3.75. The van der Waals surface area contributed by atoms with Gasteiger partial charge in [-0.15, -0.1) is 0 Å². The minimum absolute atomic E-state index is 0.370. The lowest BCUT2D eigenvalue weighted by molar-refractivity contribution is 0.285. The van der Waals surface area contributed by atoms with Gasteiger partial charge in [-0.05, 0) is 36.0 Å². The molecule has 0 aliphatic carbocycles. The Balaban J connectivity index is 2.52. The Hall–Kier alpha value is -1.02. The fraction of sp³-hybridized carbons (Fsp3) is 0.684. The van der Waals surface area contributed by atoms with Crippen molar-refractivity contribution in [3.05, 3.63) is 29.8 Å². The van der Waals surface area contributed by atoms with Gasteiger partial charge in [-0.1, -0.05) is 59.1 Å². The van der Waals surface area contributed by atoms with Crippen LogP contribution in [0.5, 0.6) is 5.75 Å². The van der Waals surface area contributed by atoms with Crippen LogP contribution in [0.25, 0.3) is 0 Å². The van der Waals surface area contributed by atoms with Crippen molar-refractivity contribution in [1.82, 2.24) is 5.32 Å². The highest BCUT2D eigenvalue weighted by Gasteiger charge is 2.19. The Morgan fingerprint density at radius 3 is 2.29 bits per heavy atom.